The van der Waals surface area contributed by atoms with Crippen molar-refractivity contribution in [3.63, 3.8) is 0 Å². The maximum absolute atomic E-state index is 13.2. The molecule has 12 aromatic rings. The van der Waals surface area contributed by atoms with Crippen molar-refractivity contribution in [3.05, 3.63) is 285 Å². The van der Waals surface area contributed by atoms with E-state index in [1.165, 1.54) is 5.56 Å². The van der Waals surface area contributed by atoms with Crippen LogP contribution in [-0.4, -0.2) is 48.7 Å². The second-order valence-electron chi connectivity index (χ2n) is 30.1. The molecule has 0 saturated carbocycles. The molecule has 0 bridgehead atoms. The molecule has 0 aliphatic heterocycles. The Morgan fingerprint density at radius 3 is 1.30 bits per heavy atom. The van der Waals surface area contributed by atoms with Crippen LogP contribution >= 0.6 is 15.9 Å². The number of amides is 2. The fourth-order valence-corrected chi connectivity index (χ4v) is 14.0. The van der Waals surface area contributed by atoms with Gasteiger partial charge in [0.1, 0.15) is 17.3 Å². The Morgan fingerprint density at radius 2 is 0.845 bits per heavy atom. The molecule has 0 radical (unpaired) electrons. The van der Waals surface area contributed by atoms with Gasteiger partial charge in [0.05, 0.1) is 28.5 Å². The maximum atomic E-state index is 13.2. The number of ketones is 4. The molecule has 0 unspecified atom stereocenters. The normalized spacial score (nSPS) is 14.2. The first kappa shape index (κ1) is 79.1. The summed E-state index contributed by atoms with van der Waals surface area (Å²) in [5.74, 6) is 2.15. The number of hydrogen-bond donors (Lipinski definition) is 5. The highest BCUT2D eigenvalue weighted by atomic mass is 79.9. The zero-order chi connectivity index (χ0) is 78.2. The van der Waals surface area contributed by atoms with Crippen molar-refractivity contribution in [2.75, 3.05) is 27.8 Å². The van der Waals surface area contributed by atoms with Crippen LogP contribution in [0.5, 0.6) is 0 Å². The lowest BCUT2D eigenvalue weighted by atomic mass is 9.89. The van der Waals surface area contributed by atoms with E-state index in [0.29, 0.717) is 42.3 Å². The van der Waals surface area contributed by atoms with E-state index in [1.807, 2.05) is 189 Å². The van der Waals surface area contributed by atoms with E-state index in [9.17, 15) is 28.9 Å². The van der Waals surface area contributed by atoms with Gasteiger partial charge in [0.2, 0.25) is 0 Å². The third kappa shape index (κ3) is 20.0. The summed E-state index contributed by atoms with van der Waals surface area (Å²) in [5.41, 5.74) is 33.1. The first-order valence-electron chi connectivity index (χ1n) is 37.5. The van der Waals surface area contributed by atoms with Crippen LogP contribution in [0.4, 0.5) is 39.2 Å². The van der Waals surface area contributed by atoms with Gasteiger partial charge >= 0.3 is 6.03 Å². The third-order valence-electron chi connectivity index (χ3n) is 19.6. The Bertz CT molecular complexity index is 5510. The number of urea groups is 1. The molecule has 4 aliphatic carbocycles. The van der Waals surface area contributed by atoms with Gasteiger partial charge in [-0.25, -0.2) is 14.2 Å². The molecule has 0 spiro atoms. The number of nitrogen functional groups attached to an aromatic ring is 3. The average Bonchev–Trinajstić information content (AvgIpc) is 0.823. The Labute approximate surface area is 651 Å². The van der Waals surface area contributed by atoms with Gasteiger partial charge in [0.15, 0.2) is 23.1 Å². The average molecular weight is 1530 g/mol. The van der Waals surface area contributed by atoms with Crippen LogP contribution in [0.1, 0.15) is 158 Å². The summed E-state index contributed by atoms with van der Waals surface area (Å²) in [7, 11) is 0. The van der Waals surface area contributed by atoms with Crippen molar-refractivity contribution in [2.45, 2.75) is 143 Å². The number of benzene rings is 10. The smallest absolute Gasteiger partial charge is 0.324 e. The Kier molecular flexibility index (Phi) is 25.8. The first-order valence-corrected chi connectivity index (χ1v) is 38.3. The minimum Gasteiger partial charge on any atom is -0.398 e. The van der Waals surface area contributed by atoms with Crippen LogP contribution in [0, 0.1) is 18.8 Å². The van der Waals surface area contributed by atoms with E-state index in [-0.39, 0.29) is 40.0 Å². The summed E-state index contributed by atoms with van der Waals surface area (Å²) in [4.78, 5) is 69.6. The number of nitrogens with two attached hydrogens (primary N) is 3. The van der Waals surface area contributed by atoms with Gasteiger partial charge in [-0.1, -0.05) is 214 Å². The summed E-state index contributed by atoms with van der Waals surface area (Å²) in [5, 5.41) is 26.7. The van der Waals surface area contributed by atoms with Crippen LogP contribution in [0.2, 0.25) is 0 Å². The zero-order valence-electron chi connectivity index (χ0n) is 63.8. The predicted octanol–water partition coefficient (Wildman–Crippen LogP) is 22.9. The number of hydrogen-bond acceptors (Lipinski definition) is 12. The molecule has 16 nitrogen and oxygen atoms in total. The van der Waals surface area contributed by atoms with Gasteiger partial charge < -0.3 is 22.5 Å². The molecular weight excluding hydrogens is 1430 g/mol. The molecule has 4 aliphatic rings. The van der Waals surface area contributed by atoms with E-state index in [2.05, 4.69) is 110 Å². The molecule has 0 atom stereocenters. The predicted molar refractivity (Wildman–Crippen MR) is 457 cm³/mol. The van der Waals surface area contributed by atoms with Crippen LogP contribution in [0.25, 0.3) is 71.2 Å². The van der Waals surface area contributed by atoms with Crippen LogP contribution < -0.4 is 27.8 Å². The highest BCUT2D eigenvalue weighted by Gasteiger charge is 2.24. The molecule has 2 heterocycles. The lowest BCUT2D eigenvalue weighted by Gasteiger charge is -2.17. The van der Waals surface area contributed by atoms with Crippen molar-refractivity contribution in [3.8, 4) is 11.4 Å². The van der Waals surface area contributed by atoms with Crippen molar-refractivity contribution in [2.24, 2.45) is 5.18 Å². The quantitative estimate of drug-likeness (QED) is 0.0706. The second-order valence-corrected chi connectivity index (χ2v) is 30.9. The number of rotatable bonds is 8. The lowest BCUT2D eigenvalue weighted by molar-refractivity contribution is -0.115. The number of fused-ring (bicyclic) bond motifs is 4. The van der Waals surface area contributed by atoms with Crippen molar-refractivity contribution < 1.29 is 24.0 Å². The summed E-state index contributed by atoms with van der Waals surface area (Å²) >= 11 is 3.48. The molecule has 17 heteroatoms. The van der Waals surface area contributed by atoms with Gasteiger partial charge in [-0.2, -0.15) is 10.2 Å². The summed E-state index contributed by atoms with van der Waals surface area (Å²) < 4.78 is 4.65. The van der Waals surface area contributed by atoms with Gasteiger partial charge in [-0.15, -0.1) is 4.91 Å². The number of carbonyl (C=O) groups excluding carboxylic acids is 5. The minimum absolute atomic E-state index is 0.0179. The highest BCUT2D eigenvalue weighted by Crippen LogP contribution is 2.39. The fraction of sp³-hybridized carbons (Fsp3) is 0.237. The number of halogens is 1. The van der Waals surface area contributed by atoms with E-state index >= 15 is 0 Å². The van der Waals surface area contributed by atoms with Crippen LogP contribution in [-0.2, 0) is 30.0 Å². The van der Waals surface area contributed by atoms with Crippen molar-refractivity contribution in [1.82, 2.24) is 19.6 Å². The number of allylic oxidation sites excluding steroid dienone is 8. The standard InChI is InChI=1S/C31H32N4O2.C16H13NO2.C16H15NO.C14H19N3.C10H8BrN.C6H8O/c1-20-12-14-22(15-13-20)35-29(19-28(34-35)31(2,3)4)33-30(37)32-27-17-16-24(21-8-7-9-23(36)18-21)25-10-5-6-11-26(25)27;18-12-5-3-4-11(10-12)13-8-9-16(17-19)15-7-2-1-6-14(13)15;17-16-9-8-13(11-4-3-5-12(18)10-11)14-6-1-2-7-15(14)16;1-10-5-7-11(8-6-10)17-13(15)9-12(16-17)14(2,3)4;11-9-5-6-10(12)8-4-2-1-3-7(8)9;7-6-4-2-1-3-5-6/h5-6,10-19H,7-9H2,1-4H3,(H2,32,33,37);1-2,6-10H,3-5H2;1-2,6-10H,3-5,17H2;5-9H,15H2,1-4H3;1-6H,12H2;2,4H,1,3,5H2. The van der Waals surface area contributed by atoms with Gasteiger partial charge in [0.25, 0.3) is 0 Å². The molecule has 560 valence electrons. The number of nitroso groups, excluding NO2 is 1. The Hall–Kier alpha value is -12.0. The Morgan fingerprint density at radius 1 is 0.436 bits per heavy atom. The third-order valence-corrected chi connectivity index (χ3v) is 20.3. The molecule has 110 heavy (non-hydrogen) atoms. The largest absolute Gasteiger partial charge is 0.398 e. The number of nitrogens with one attached hydrogen (secondary N) is 2. The number of carbonyl (C=O) groups is 5. The van der Waals surface area contributed by atoms with E-state index in [1.54, 1.807) is 39.7 Å². The maximum Gasteiger partial charge on any atom is 0.324 e. The topological polar surface area (TPSA) is 253 Å². The summed E-state index contributed by atoms with van der Waals surface area (Å²) in [6, 6.07) is 66.9. The van der Waals surface area contributed by atoms with Gasteiger partial charge in [-0.3, -0.25) is 24.5 Å². The number of aromatic nitrogens is 4. The molecule has 0 saturated heterocycles. The monoisotopic (exact) mass is 1530 g/mol. The number of aryl methyl sites for hydroxylation is 2. The van der Waals surface area contributed by atoms with E-state index < -0.39 is 0 Å². The zero-order valence-corrected chi connectivity index (χ0v) is 65.4. The van der Waals surface area contributed by atoms with Crippen molar-refractivity contribution in [1.29, 1.82) is 0 Å². The number of nitrogens with zero attached hydrogens (tertiary/aromatic N) is 5. The molecule has 2 amide bonds. The molecule has 8 N–H and O–H groups in total. The molecule has 16 rings (SSSR count). The fourth-order valence-electron chi connectivity index (χ4n) is 13.6. The summed E-state index contributed by atoms with van der Waals surface area (Å²) in [6.07, 6.45) is 19.2. The molecule has 10 aromatic carbocycles. The SMILES string of the molecule is Cc1ccc(-n2nc(C(C)(C)C)cc2N)cc1.Cc1ccc(-n2nc(C(C)(C)C)cc2NC(=O)Nc2ccc(C3=CC(=O)CCC3)c3ccccc23)cc1.Nc1ccc(Br)c2ccccc12.Nc1ccc(C2=CC(=O)CCC2)c2ccccc12.O=C1C=CCCC1.O=Nc1ccc(C2=CC(=O)CCC2)c2ccccc12. The van der Waals surface area contributed by atoms with Crippen LogP contribution in [0.3, 0.4) is 0 Å². The molecular formula is C93H95BrN10O6. The Balaban J connectivity index is 0.000000140. The second kappa shape index (κ2) is 35.8. The molecule has 0 fully saturated rings. The van der Waals surface area contributed by atoms with E-state index in [4.69, 9.17) is 22.3 Å². The number of anilines is 5. The highest BCUT2D eigenvalue weighted by molar-refractivity contribution is 9.10. The van der Waals surface area contributed by atoms with Crippen molar-refractivity contribution >= 4 is 139 Å². The van der Waals surface area contributed by atoms with Gasteiger partial charge in [0, 0.05) is 86.0 Å². The van der Waals surface area contributed by atoms with Gasteiger partial charge in [-0.05, 0) is 204 Å². The first-order chi connectivity index (χ1) is 52.8. The summed E-state index contributed by atoms with van der Waals surface area (Å²) in [6.45, 7) is 16.8. The minimum atomic E-state index is -0.348. The molecule has 2 aromatic heterocycles. The lowest BCUT2D eigenvalue weighted by Crippen LogP contribution is -2.21. The van der Waals surface area contributed by atoms with Crippen LogP contribution in [0.15, 0.2) is 246 Å². The van der Waals surface area contributed by atoms with E-state index in [0.717, 1.165) is 178 Å².